The maximum Gasteiger partial charge on any atom is 0.223 e. The third kappa shape index (κ3) is 3.89. The summed E-state index contributed by atoms with van der Waals surface area (Å²) in [6.07, 6.45) is 8.46. The molecule has 1 aromatic rings. The number of hydrogen-bond acceptors (Lipinski definition) is 4. The highest BCUT2D eigenvalue weighted by Crippen LogP contribution is 2.41. The monoisotopic (exact) mass is 341 g/mol. The number of halogens is 1. The van der Waals surface area contributed by atoms with Crippen LogP contribution >= 0.6 is 12.4 Å². The van der Waals surface area contributed by atoms with E-state index in [-0.39, 0.29) is 29.8 Å². The van der Waals surface area contributed by atoms with Crippen molar-refractivity contribution >= 4 is 18.3 Å². The Morgan fingerprint density at radius 2 is 2.13 bits per heavy atom. The van der Waals surface area contributed by atoms with Crippen LogP contribution in [0.2, 0.25) is 0 Å². The van der Waals surface area contributed by atoms with Crippen LogP contribution in [0.25, 0.3) is 0 Å². The number of nitrogens with two attached hydrogens (primary N) is 1. The number of aromatic nitrogens is 1. The second-order valence-corrected chi connectivity index (χ2v) is 7.06. The SMILES string of the molecule is Cc1cc(C2CCCN2C(=O)CC2(CN)CCCCC2)on1.Cl. The summed E-state index contributed by atoms with van der Waals surface area (Å²) < 4.78 is 5.40. The summed E-state index contributed by atoms with van der Waals surface area (Å²) >= 11 is 0. The molecule has 2 fully saturated rings. The van der Waals surface area contributed by atoms with Gasteiger partial charge >= 0.3 is 0 Å². The number of carbonyl (C=O) groups excluding carboxylic acids is 1. The molecule has 0 radical (unpaired) electrons. The van der Waals surface area contributed by atoms with Gasteiger partial charge in [0.05, 0.1) is 11.7 Å². The van der Waals surface area contributed by atoms with Crippen molar-refractivity contribution in [1.29, 1.82) is 0 Å². The van der Waals surface area contributed by atoms with Gasteiger partial charge in [0.2, 0.25) is 5.91 Å². The molecule has 1 atom stereocenters. The molecule has 1 unspecified atom stereocenters. The fourth-order valence-electron chi connectivity index (χ4n) is 4.08. The van der Waals surface area contributed by atoms with Crippen LogP contribution in [0.3, 0.4) is 0 Å². The summed E-state index contributed by atoms with van der Waals surface area (Å²) in [7, 11) is 0. The second-order valence-electron chi connectivity index (χ2n) is 7.06. The number of likely N-dealkylation sites (tertiary alicyclic amines) is 1. The van der Waals surface area contributed by atoms with E-state index in [9.17, 15) is 4.79 Å². The van der Waals surface area contributed by atoms with Gasteiger partial charge in [-0.2, -0.15) is 0 Å². The van der Waals surface area contributed by atoms with E-state index < -0.39 is 0 Å². The van der Waals surface area contributed by atoms with Gasteiger partial charge < -0.3 is 15.2 Å². The van der Waals surface area contributed by atoms with Crippen molar-refractivity contribution in [3.8, 4) is 0 Å². The standard InChI is InChI=1S/C17H27N3O2.ClH/c1-13-10-15(22-19-13)14-6-5-9-20(14)16(21)11-17(12-18)7-3-2-4-8-17;/h10,14H,2-9,11-12,18H2,1H3;1H. The molecule has 5 nitrogen and oxygen atoms in total. The van der Waals surface area contributed by atoms with Crippen LogP contribution in [-0.2, 0) is 4.79 Å². The van der Waals surface area contributed by atoms with Gasteiger partial charge in [-0.05, 0) is 44.6 Å². The zero-order chi connectivity index (χ0) is 15.6. The highest BCUT2D eigenvalue weighted by atomic mass is 35.5. The summed E-state index contributed by atoms with van der Waals surface area (Å²) in [5.41, 5.74) is 6.94. The van der Waals surface area contributed by atoms with Crippen LogP contribution < -0.4 is 5.73 Å². The number of hydrogen-bond donors (Lipinski definition) is 1. The molecule has 6 heteroatoms. The van der Waals surface area contributed by atoms with Crippen molar-refractivity contribution in [2.24, 2.45) is 11.1 Å². The lowest BCUT2D eigenvalue weighted by molar-refractivity contribution is -0.135. The zero-order valence-electron chi connectivity index (χ0n) is 13.9. The van der Waals surface area contributed by atoms with Crippen molar-refractivity contribution in [3.05, 3.63) is 17.5 Å². The lowest BCUT2D eigenvalue weighted by Gasteiger charge is -2.37. The molecule has 0 bridgehead atoms. The Morgan fingerprint density at radius 1 is 1.39 bits per heavy atom. The van der Waals surface area contributed by atoms with E-state index in [0.29, 0.717) is 13.0 Å². The molecule has 23 heavy (non-hydrogen) atoms. The summed E-state index contributed by atoms with van der Waals surface area (Å²) in [6, 6.07) is 2.02. The van der Waals surface area contributed by atoms with Gasteiger partial charge in [0.1, 0.15) is 0 Å². The molecule has 1 aliphatic carbocycles. The Bertz CT molecular complexity index is 526. The molecular weight excluding hydrogens is 314 g/mol. The van der Waals surface area contributed by atoms with E-state index >= 15 is 0 Å². The number of amides is 1. The maximum absolute atomic E-state index is 12.9. The lowest BCUT2D eigenvalue weighted by atomic mass is 9.71. The number of carbonyl (C=O) groups is 1. The highest BCUT2D eigenvalue weighted by molar-refractivity contribution is 5.85. The van der Waals surface area contributed by atoms with Gasteiger partial charge in [0, 0.05) is 19.0 Å². The Kier molecular flexibility index (Phi) is 6.09. The molecule has 2 aliphatic rings. The maximum atomic E-state index is 12.9. The van der Waals surface area contributed by atoms with E-state index in [1.54, 1.807) is 0 Å². The van der Waals surface area contributed by atoms with E-state index in [1.807, 2.05) is 17.9 Å². The van der Waals surface area contributed by atoms with Gasteiger partial charge in [-0.1, -0.05) is 24.4 Å². The summed E-state index contributed by atoms with van der Waals surface area (Å²) in [4.78, 5) is 14.9. The Morgan fingerprint density at radius 3 is 2.74 bits per heavy atom. The van der Waals surface area contributed by atoms with Crippen molar-refractivity contribution in [3.63, 3.8) is 0 Å². The lowest BCUT2D eigenvalue weighted by Crippen LogP contribution is -2.40. The fraction of sp³-hybridized carbons (Fsp3) is 0.765. The number of aryl methyl sites for hydroxylation is 1. The average molecular weight is 342 g/mol. The Balaban J connectivity index is 0.00000192. The predicted molar refractivity (Wildman–Crippen MR) is 91.4 cm³/mol. The minimum atomic E-state index is 0. The summed E-state index contributed by atoms with van der Waals surface area (Å²) in [6.45, 7) is 3.36. The van der Waals surface area contributed by atoms with E-state index in [2.05, 4.69) is 5.16 Å². The first-order valence-electron chi connectivity index (χ1n) is 8.56. The van der Waals surface area contributed by atoms with Crippen molar-refractivity contribution in [1.82, 2.24) is 10.1 Å². The number of nitrogens with zero attached hydrogens (tertiary/aromatic N) is 2. The quantitative estimate of drug-likeness (QED) is 0.911. The normalized spacial score (nSPS) is 23.6. The van der Waals surface area contributed by atoms with E-state index in [0.717, 1.165) is 43.7 Å². The van der Waals surface area contributed by atoms with Gasteiger partial charge in [0.25, 0.3) is 0 Å². The predicted octanol–water partition coefficient (Wildman–Crippen LogP) is 3.37. The van der Waals surface area contributed by atoms with Crippen molar-refractivity contribution in [2.45, 2.75) is 64.3 Å². The van der Waals surface area contributed by atoms with Crippen LogP contribution in [0.1, 0.15) is 68.9 Å². The van der Waals surface area contributed by atoms with Crippen LogP contribution in [0.15, 0.2) is 10.6 Å². The van der Waals surface area contributed by atoms with E-state index in [4.69, 9.17) is 10.3 Å². The smallest absolute Gasteiger partial charge is 0.223 e. The van der Waals surface area contributed by atoms with Gasteiger partial charge in [-0.15, -0.1) is 12.4 Å². The molecule has 1 saturated heterocycles. The first kappa shape index (κ1) is 18.3. The molecule has 2 heterocycles. The molecule has 130 valence electrons. The average Bonchev–Trinajstić information content (AvgIpc) is 3.16. The van der Waals surface area contributed by atoms with E-state index in [1.165, 1.54) is 19.3 Å². The van der Waals surface area contributed by atoms with Crippen LogP contribution in [0.4, 0.5) is 0 Å². The first-order chi connectivity index (χ1) is 10.6. The molecular formula is C17H28ClN3O2. The fourth-order valence-corrected chi connectivity index (χ4v) is 4.08. The van der Waals surface area contributed by atoms with Crippen molar-refractivity contribution < 1.29 is 9.32 Å². The zero-order valence-corrected chi connectivity index (χ0v) is 14.7. The summed E-state index contributed by atoms with van der Waals surface area (Å²) in [5, 5.41) is 3.97. The molecule has 2 N–H and O–H groups in total. The molecule has 1 amide bonds. The third-order valence-electron chi connectivity index (χ3n) is 5.42. The Hall–Kier alpha value is -1.07. The van der Waals surface area contributed by atoms with Crippen molar-refractivity contribution in [2.75, 3.05) is 13.1 Å². The highest BCUT2D eigenvalue weighted by Gasteiger charge is 2.38. The second kappa shape index (κ2) is 7.67. The molecule has 1 aromatic heterocycles. The van der Waals surface area contributed by atoms with Gasteiger partial charge in [0.15, 0.2) is 5.76 Å². The molecule has 0 aromatic carbocycles. The first-order valence-corrected chi connectivity index (χ1v) is 8.56. The van der Waals surface area contributed by atoms with Crippen LogP contribution in [-0.4, -0.2) is 29.1 Å². The minimum absolute atomic E-state index is 0. The number of rotatable bonds is 4. The molecule has 1 aliphatic heterocycles. The molecule has 0 spiro atoms. The summed E-state index contributed by atoms with van der Waals surface area (Å²) in [5.74, 6) is 1.07. The largest absolute Gasteiger partial charge is 0.359 e. The topological polar surface area (TPSA) is 72.4 Å². The minimum Gasteiger partial charge on any atom is -0.359 e. The van der Waals surface area contributed by atoms with Crippen LogP contribution in [0, 0.1) is 12.3 Å². The molecule has 3 rings (SSSR count). The third-order valence-corrected chi connectivity index (χ3v) is 5.42. The van der Waals surface area contributed by atoms with Gasteiger partial charge in [-0.3, -0.25) is 4.79 Å². The Labute approximate surface area is 144 Å². The van der Waals surface area contributed by atoms with Gasteiger partial charge in [-0.25, -0.2) is 0 Å². The van der Waals surface area contributed by atoms with Crippen LogP contribution in [0.5, 0.6) is 0 Å². The molecule has 1 saturated carbocycles.